The maximum Gasteiger partial charge on any atom is 0.318 e. The predicted molar refractivity (Wildman–Crippen MR) is 80.9 cm³/mol. The Morgan fingerprint density at radius 2 is 2.09 bits per heavy atom. The van der Waals surface area contributed by atoms with Crippen molar-refractivity contribution in [1.29, 1.82) is 0 Å². The van der Waals surface area contributed by atoms with Gasteiger partial charge in [0.15, 0.2) is 0 Å². The van der Waals surface area contributed by atoms with E-state index in [2.05, 4.69) is 0 Å². The van der Waals surface area contributed by atoms with Crippen molar-refractivity contribution in [2.45, 2.75) is 17.9 Å². The molecule has 1 N–H and O–H groups in total. The van der Waals surface area contributed by atoms with Gasteiger partial charge in [-0.15, -0.1) is 0 Å². The monoisotopic (exact) mass is 351 g/mol. The molecule has 0 amide bonds. The summed E-state index contributed by atoms with van der Waals surface area (Å²) in [4.78, 5) is 10.5. The van der Waals surface area contributed by atoms with Crippen molar-refractivity contribution in [1.82, 2.24) is 4.31 Å². The highest BCUT2D eigenvalue weighted by atomic mass is 35.5. The van der Waals surface area contributed by atoms with Crippen LogP contribution in [-0.2, 0) is 19.6 Å². The first-order valence-electron chi connectivity index (χ1n) is 6.31. The Kier molecular flexibility index (Phi) is 6.61. The maximum atomic E-state index is 12.5. The third kappa shape index (κ3) is 4.84. The van der Waals surface area contributed by atoms with Crippen LogP contribution in [0.5, 0.6) is 5.75 Å². The van der Waals surface area contributed by atoms with Crippen LogP contribution in [0, 0.1) is 0 Å². The second-order valence-corrected chi connectivity index (χ2v) is 7.08. The van der Waals surface area contributed by atoms with Crippen LogP contribution in [0.1, 0.15) is 6.92 Å². The molecule has 0 heterocycles. The lowest BCUT2D eigenvalue weighted by Crippen LogP contribution is -2.32. The molecule has 0 spiro atoms. The Hall–Kier alpha value is -1.35. The van der Waals surface area contributed by atoms with Crippen LogP contribution in [0.15, 0.2) is 23.1 Å². The van der Waals surface area contributed by atoms with Crippen LogP contribution < -0.4 is 4.74 Å². The highest BCUT2D eigenvalue weighted by Gasteiger charge is 2.27. The van der Waals surface area contributed by atoms with E-state index in [0.29, 0.717) is 0 Å². The predicted octanol–water partition coefficient (Wildman–Crippen LogP) is 1.46. The lowest BCUT2D eigenvalue weighted by atomic mass is 10.3. The summed E-state index contributed by atoms with van der Waals surface area (Å²) < 4.78 is 36.1. The molecule has 1 aromatic rings. The van der Waals surface area contributed by atoms with Gasteiger partial charge in [-0.1, -0.05) is 11.6 Å². The minimum absolute atomic E-state index is 0.0891. The van der Waals surface area contributed by atoms with Crippen molar-refractivity contribution < 1.29 is 27.8 Å². The van der Waals surface area contributed by atoms with Crippen molar-refractivity contribution in [2.75, 3.05) is 27.3 Å². The van der Waals surface area contributed by atoms with E-state index in [9.17, 15) is 13.2 Å². The zero-order valence-corrected chi connectivity index (χ0v) is 14.0. The average molecular weight is 352 g/mol. The normalized spacial score (nSPS) is 13.1. The molecule has 7 nitrogen and oxygen atoms in total. The zero-order chi connectivity index (χ0) is 16.9. The first-order chi connectivity index (χ1) is 10.2. The summed E-state index contributed by atoms with van der Waals surface area (Å²) in [7, 11) is -1.37. The summed E-state index contributed by atoms with van der Waals surface area (Å²) >= 11 is 5.85. The molecule has 1 atom stereocenters. The van der Waals surface area contributed by atoms with Gasteiger partial charge in [0, 0.05) is 19.2 Å². The van der Waals surface area contributed by atoms with Gasteiger partial charge in [0.2, 0.25) is 10.0 Å². The van der Waals surface area contributed by atoms with Gasteiger partial charge in [-0.05, 0) is 25.1 Å². The molecule has 0 fully saturated rings. The number of aliphatic carboxylic acids is 1. The van der Waals surface area contributed by atoms with Crippen molar-refractivity contribution in [3.05, 3.63) is 23.2 Å². The number of ether oxygens (including phenoxy) is 2. The van der Waals surface area contributed by atoms with Crippen LogP contribution in [0.25, 0.3) is 0 Å². The fourth-order valence-electron chi connectivity index (χ4n) is 1.71. The second kappa shape index (κ2) is 7.77. The molecule has 0 radical (unpaired) electrons. The molecule has 0 saturated heterocycles. The molecule has 0 aliphatic rings. The number of rotatable bonds is 8. The maximum absolute atomic E-state index is 12.5. The molecular formula is C13H18ClNO6S. The molecule has 0 aliphatic carbocycles. The Balaban J connectivity index is 3.21. The first kappa shape index (κ1) is 18.7. The summed E-state index contributed by atoms with van der Waals surface area (Å²) in [6.45, 7) is 1.32. The molecule has 0 saturated carbocycles. The van der Waals surface area contributed by atoms with E-state index in [1.165, 1.54) is 32.4 Å². The summed E-state index contributed by atoms with van der Waals surface area (Å²) in [6.07, 6.45) is -0.384. The number of halogens is 1. The Morgan fingerprint density at radius 3 is 2.64 bits per heavy atom. The number of nitrogens with zero attached hydrogens (tertiary/aromatic N) is 1. The lowest BCUT2D eigenvalue weighted by molar-refractivity contribution is -0.137. The van der Waals surface area contributed by atoms with Gasteiger partial charge in [-0.3, -0.25) is 4.79 Å². The fourth-order valence-corrected chi connectivity index (χ4v) is 3.21. The van der Waals surface area contributed by atoms with E-state index in [0.717, 1.165) is 4.31 Å². The first-order valence-corrected chi connectivity index (χ1v) is 8.13. The van der Waals surface area contributed by atoms with Crippen molar-refractivity contribution in [3.8, 4) is 5.75 Å². The van der Waals surface area contributed by atoms with E-state index in [1.54, 1.807) is 6.92 Å². The minimum atomic E-state index is -4.05. The summed E-state index contributed by atoms with van der Waals surface area (Å²) in [6, 6.07) is 4.15. The number of sulfonamides is 1. The van der Waals surface area contributed by atoms with E-state index in [1.807, 2.05) is 0 Å². The molecule has 0 aromatic heterocycles. The van der Waals surface area contributed by atoms with Gasteiger partial charge in [0.05, 0.1) is 6.61 Å². The summed E-state index contributed by atoms with van der Waals surface area (Å²) in [5.41, 5.74) is 0. The standard InChI is InChI=1S/C13H18ClNO6S/c1-9(8-20-3)21-11-5-4-10(14)6-12(11)22(18,19)15(2)7-13(16)17/h4-6,9H,7-8H2,1-3H3,(H,16,17). The van der Waals surface area contributed by atoms with E-state index in [4.69, 9.17) is 26.2 Å². The quantitative estimate of drug-likeness (QED) is 0.762. The highest BCUT2D eigenvalue weighted by Crippen LogP contribution is 2.30. The van der Waals surface area contributed by atoms with Crippen LogP contribution in [-0.4, -0.2) is 57.2 Å². The molecular weight excluding hydrogens is 334 g/mol. The third-order valence-corrected chi connectivity index (χ3v) is 4.74. The molecule has 22 heavy (non-hydrogen) atoms. The number of likely N-dealkylation sites (N-methyl/N-ethyl adjacent to an activating group) is 1. The smallest absolute Gasteiger partial charge is 0.318 e. The molecule has 1 unspecified atom stereocenters. The van der Waals surface area contributed by atoms with Crippen LogP contribution in [0.3, 0.4) is 0 Å². The molecule has 0 bridgehead atoms. The topological polar surface area (TPSA) is 93.1 Å². The van der Waals surface area contributed by atoms with Gasteiger partial charge in [0.1, 0.15) is 23.3 Å². The molecule has 1 aromatic carbocycles. The van der Waals surface area contributed by atoms with Crippen molar-refractivity contribution in [2.24, 2.45) is 0 Å². The van der Waals surface area contributed by atoms with E-state index in [-0.39, 0.29) is 28.4 Å². The molecule has 124 valence electrons. The van der Waals surface area contributed by atoms with Crippen LogP contribution in [0.2, 0.25) is 5.02 Å². The van der Waals surface area contributed by atoms with E-state index < -0.39 is 22.5 Å². The van der Waals surface area contributed by atoms with Crippen molar-refractivity contribution in [3.63, 3.8) is 0 Å². The number of hydrogen-bond acceptors (Lipinski definition) is 5. The Labute approximate surface area is 134 Å². The average Bonchev–Trinajstić information content (AvgIpc) is 2.40. The molecule has 1 rings (SSSR count). The Bertz CT molecular complexity index is 633. The summed E-state index contributed by atoms with van der Waals surface area (Å²) in [5, 5.41) is 8.96. The van der Waals surface area contributed by atoms with Gasteiger partial charge in [-0.25, -0.2) is 8.42 Å². The molecule has 9 heteroatoms. The number of benzene rings is 1. The van der Waals surface area contributed by atoms with Gasteiger partial charge in [0.25, 0.3) is 0 Å². The third-order valence-electron chi connectivity index (χ3n) is 2.68. The van der Waals surface area contributed by atoms with Crippen molar-refractivity contribution >= 4 is 27.6 Å². The highest BCUT2D eigenvalue weighted by molar-refractivity contribution is 7.89. The fraction of sp³-hybridized carbons (Fsp3) is 0.462. The Morgan fingerprint density at radius 1 is 1.45 bits per heavy atom. The lowest BCUT2D eigenvalue weighted by Gasteiger charge is -2.20. The SMILES string of the molecule is COCC(C)Oc1ccc(Cl)cc1S(=O)(=O)N(C)CC(=O)O. The molecule has 0 aliphatic heterocycles. The van der Waals surface area contributed by atoms with Gasteiger partial charge in [-0.2, -0.15) is 4.31 Å². The van der Waals surface area contributed by atoms with Crippen LogP contribution in [0.4, 0.5) is 0 Å². The number of methoxy groups -OCH3 is 1. The number of carboxylic acid groups (broad SMARTS) is 1. The number of carboxylic acids is 1. The minimum Gasteiger partial charge on any atom is -0.487 e. The number of hydrogen-bond donors (Lipinski definition) is 1. The van der Waals surface area contributed by atoms with Gasteiger partial charge < -0.3 is 14.6 Å². The van der Waals surface area contributed by atoms with Gasteiger partial charge >= 0.3 is 5.97 Å². The summed E-state index contributed by atoms with van der Waals surface area (Å²) in [5.74, 6) is -1.17. The second-order valence-electron chi connectivity index (χ2n) is 4.63. The van der Waals surface area contributed by atoms with E-state index >= 15 is 0 Å². The number of carbonyl (C=O) groups is 1. The van der Waals surface area contributed by atoms with Crippen LogP contribution >= 0.6 is 11.6 Å². The zero-order valence-electron chi connectivity index (χ0n) is 12.4. The largest absolute Gasteiger partial charge is 0.487 e.